The molecule has 0 saturated carbocycles. The second kappa shape index (κ2) is 63.1. The van der Waals surface area contributed by atoms with Crippen molar-refractivity contribution in [2.24, 2.45) is 0 Å². The van der Waals surface area contributed by atoms with Crippen LogP contribution >= 0.6 is 0 Å². The van der Waals surface area contributed by atoms with Crippen molar-refractivity contribution in [1.82, 2.24) is 0 Å². The highest BCUT2D eigenvalue weighted by atomic mass is 16.6. The Morgan fingerprint density at radius 1 is 0.280 bits per heavy atom. The standard InChI is InChI=1S/C69H120O6/c1-4-7-10-13-16-19-22-25-27-29-30-31-32-33-34-35-36-37-38-40-41-44-47-50-53-56-59-62-68(71)74-65-66(64-73-67(70)61-58-55-52-49-46-43-24-21-18-15-12-9-6-3)75-69(72)63-60-57-54-51-48-45-42-39-28-26-23-20-17-14-11-8-5-2/h8,11,17,20-21,24,26,28-30,42,45,51,54,66H,4-7,9-10,12-16,18-19,22-23,25,27,31-41,43-44,46-50,52-53,55-65H2,1-3H3/b11-8-,20-17-,24-21-,28-26-,30-29-,45-42-,54-51-. The zero-order valence-electron chi connectivity index (χ0n) is 49.6. The Morgan fingerprint density at radius 2 is 0.533 bits per heavy atom. The van der Waals surface area contributed by atoms with Gasteiger partial charge in [-0.25, -0.2) is 0 Å². The fourth-order valence-corrected chi connectivity index (χ4v) is 9.06. The van der Waals surface area contributed by atoms with E-state index in [0.29, 0.717) is 19.3 Å². The third kappa shape index (κ3) is 61.3. The molecule has 0 spiro atoms. The Balaban J connectivity index is 4.30. The average molecular weight is 1050 g/mol. The van der Waals surface area contributed by atoms with Gasteiger partial charge in [-0.3, -0.25) is 14.4 Å². The summed E-state index contributed by atoms with van der Waals surface area (Å²) in [5.74, 6) is -0.958. The minimum absolute atomic E-state index is 0.100. The summed E-state index contributed by atoms with van der Waals surface area (Å²) in [5, 5.41) is 0. The summed E-state index contributed by atoms with van der Waals surface area (Å²) in [4.78, 5) is 38.2. The van der Waals surface area contributed by atoms with Crippen LogP contribution in [0.1, 0.15) is 316 Å². The molecule has 432 valence electrons. The van der Waals surface area contributed by atoms with Crippen molar-refractivity contribution in [2.45, 2.75) is 322 Å². The predicted molar refractivity (Wildman–Crippen MR) is 325 cm³/mol. The van der Waals surface area contributed by atoms with E-state index in [1.807, 2.05) is 0 Å². The molecular formula is C69H120O6. The van der Waals surface area contributed by atoms with Gasteiger partial charge in [0.1, 0.15) is 13.2 Å². The first-order valence-electron chi connectivity index (χ1n) is 32.1. The summed E-state index contributed by atoms with van der Waals surface area (Å²) in [7, 11) is 0. The summed E-state index contributed by atoms with van der Waals surface area (Å²) in [6, 6.07) is 0. The predicted octanol–water partition coefficient (Wildman–Crippen LogP) is 21.9. The van der Waals surface area contributed by atoms with E-state index in [0.717, 1.165) is 89.9 Å². The van der Waals surface area contributed by atoms with Gasteiger partial charge in [-0.15, -0.1) is 0 Å². The number of rotatable bonds is 58. The monoisotopic (exact) mass is 1040 g/mol. The molecule has 75 heavy (non-hydrogen) atoms. The summed E-state index contributed by atoms with van der Waals surface area (Å²) in [6.07, 6.45) is 83.2. The van der Waals surface area contributed by atoms with Gasteiger partial charge in [0.15, 0.2) is 6.10 Å². The van der Waals surface area contributed by atoms with Crippen molar-refractivity contribution in [2.75, 3.05) is 13.2 Å². The van der Waals surface area contributed by atoms with Crippen LogP contribution in [0, 0.1) is 0 Å². The van der Waals surface area contributed by atoms with E-state index in [2.05, 4.69) is 106 Å². The number of unbranched alkanes of at least 4 members (excludes halogenated alkanes) is 33. The van der Waals surface area contributed by atoms with Crippen molar-refractivity contribution < 1.29 is 28.6 Å². The second-order valence-electron chi connectivity index (χ2n) is 21.3. The molecule has 0 N–H and O–H groups in total. The Bertz CT molecular complexity index is 1430. The molecule has 0 aliphatic heterocycles. The van der Waals surface area contributed by atoms with Crippen LogP contribution in [0.4, 0.5) is 0 Å². The van der Waals surface area contributed by atoms with Gasteiger partial charge >= 0.3 is 17.9 Å². The number of carbonyl (C=O) groups is 3. The fraction of sp³-hybridized carbons (Fsp3) is 0.754. The van der Waals surface area contributed by atoms with Gasteiger partial charge in [-0.05, 0) is 109 Å². The van der Waals surface area contributed by atoms with Gasteiger partial charge in [-0.1, -0.05) is 273 Å². The van der Waals surface area contributed by atoms with Crippen molar-refractivity contribution in [1.29, 1.82) is 0 Å². The highest BCUT2D eigenvalue weighted by Gasteiger charge is 2.19. The Hall–Kier alpha value is -3.41. The van der Waals surface area contributed by atoms with E-state index in [-0.39, 0.29) is 37.5 Å². The number of ether oxygens (including phenoxy) is 3. The summed E-state index contributed by atoms with van der Waals surface area (Å²) in [5.41, 5.74) is 0. The normalized spacial score (nSPS) is 12.6. The molecule has 0 aliphatic rings. The highest BCUT2D eigenvalue weighted by Crippen LogP contribution is 2.16. The lowest BCUT2D eigenvalue weighted by Gasteiger charge is -2.18. The Morgan fingerprint density at radius 3 is 0.880 bits per heavy atom. The Kier molecular flexibility index (Phi) is 60.3. The molecule has 0 heterocycles. The molecule has 0 amide bonds. The van der Waals surface area contributed by atoms with Gasteiger partial charge in [0, 0.05) is 19.3 Å². The van der Waals surface area contributed by atoms with Crippen LogP contribution in [0.5, 0.6) is 0 Å². The van der Waals surface area contributed by atoms with E-state index in [1.165, 1.54) is 180 Å². The molecule has 0 aromatic carbocycles. The van der Waals surface area contributed by atoms with E-state index >= 15 is 0 Å². The number of hydrogen-bond donors (Lipinski definition) is 0. The molecule has 1 unspecified atom stereocenters. The van der Waals surface area contributed by atoms with E-state index in [4.69, 9.17) is 14.2 Å². The first-order chi connectivity index (χ1) is 37.0. The second-order valence-corrected chi connectivity index (χ2v) is 21.3. The topological polar surface area (TPSA) is 78.9 Å². The molecule has 0 rings (SSSR count). The molecule has 0 aromatic rings. The highest BCUT2D eigenvalue weighted by molar-refractivity contribution is 5.71. The number of carbonyl (C=O) groups excluding carboxylic acids is 3. The lowest BCUT2D eigenvalue weighted by Crippen LogP contribution is -2.30. The third-order valence-corrected chi connectivity index (χ3v) is 13.9. The van der Waals surface area contributed by atoms with E-state index in [1.54, 1.807) is 0 Å². The maximum absolute atomic E-state index is 12.9. The maximum Gasteiger partial charge on any atom is 0.306 e. The summed E-state index contributed by atoms with van der Waals surface area (Å²) < 4.78 is 16.8. The van der Waals surface area contributed by atoms with Gasteiger partial charge in [0.05, 0.1) is 0 Å². The van der Waals surface area contributed by atoms with Crippen molar-refractivity contribution >= 4 is 17.9 Å². The molecule has 0 saturated heterocycles. The maximum atomic E-state index is 12.9. The number of hydrogen-bond acceptors (Lipinski definition) is 6. The molecular weight excluding hydrogens is 925 g/mol. The average Bonchev–Trinajstić information content (AvgIpc) is 3.41. The molecule has 0 radical (unpaired) electrons. The molecule has 1 atom stereocenters. The largest absolute Gasteiger partial charge is 0.462 e. The van der Waals surface area contributed by atoms with Crippen LogP contribution in [-0.4, -0.2) is 37.2 Å². The summed E-state index contributed by atoms with van der Waals surface area (Å²) in [6.45, 7) is 6.48. The van der Waals surface area contributed by atoms with Crippen LogP contribution in [0.15, 0.2) is 85.1 Å². The van der Waals surface area contributed by atoms with Gasteiger partial charge in [-0.2, -0.15) is 0 Å². The number of allylic oxidation sites excluding steroid dienone is 14. The quantitative estimate of drug-likeness (QED) is 0.0261. The SMILES string of the molecule is CC/C=C\C/C=C\C/C=C\C/C=C\C/C=C\CCCC(=O)OC(COC(=O)CCCCCCC/C=C\CCCCCC)COC(=O)CCCCCCCCCCCCCCCCC/C=C\CCCCCCCCCC. The van der Waals surface area contributed by atoms with E-state index in [9.17, 15) is 14.4 Å². The minimum atomic E-state index is -0.810. The molecule has 0 fully saturated rings. The Labute approximate surface area is 465 Å². The number of esters is 3. The third-order valence-electron chi connectivity index (χ3n) is 13.9. The van der Waals surface area contributed by atoms with Gasteiger partial charge in [0.25, 0.3) is 0 Å². The zero-order chi connectivity index (χ0) is 54.3. The van der Waals surface area contributed by atoms with Crippen LogP contribution in [0.25, 0.3) is 0 Å². The van der Waals surface area contributed by atoms with Gasteiger partial charge in [0.2, 0.25) is 0 Å². The first kappa shape index (κ1) is 71.6. The molecule has 0 aromatic heterocycles. The van der Waals surface area contributed by atoms with Crippen LogP contribution in [0.3, 0.4) is 0 Å². The van der Waals surface area contributed by atoms with Crippen LogP contribution in [-0.2, 0) is 28.6 Å². The van der Waals surface area contributed by atoms with Crippen LogP contribution < -0.4 is 0 Å². The lowest BCUT2D eigenvalue weighted by molar-refractivity contribution is -0.167. The molecule has 6 heteroatoms. The lowest BCUT2D eigenvalue weighted by atomic mass is 10.0. The summed E-state index contributed by atoms with van der Waals surface area (Å²) >= 11 is 0. The van der Waals surface area contributed by atoms with Crippen molar-refractivity contribution in [3.8, 4) is 0 Å². The fourth-order valence-electron chi connectivity index (χ4n) is 9.06. The minimum Gasteiger partial charge on any atom is -0.462 e. The van der Waals surface area contributed by atoms with Crippen LogP contribution in [0.2, 0.25) is 0 Å². The molecule has 0 aliphatic carbocycles. The van der Waals surface area contributed by atoms with Gasteiger partial charge < -0.3 is 14.2 Å². The zero-order valence-corrected chi connectivity index (χ0v) is 49.6. The van der Waals surface area contributed by atoms with Crippen molar-refractivity contribution in [3.63, 3.8) is 0 Å². The van der Waals surface area contributed by atoms with E-state index < -0.39 is 6.10 Å². The molecule has 0 bridgehead atoms. The van der Waals surface area contributed by atoms with Crippen molar-refractivity contribution in [3.05, 3.63) is 85.1 Å². The molecule has 6 nitrogen and oxygen atoms in total. The smallest absolute Gasteiger partial charge is 0.306 e. The first-order valence-corrected chi connectivity index (χ1v) is 32.1.